The van der Waals surface area contributed by atoms with Gasteiger partial charge in [0.25, 0.3) is 0 Å². The Kier molecular flexibility index (Phi) is 3.57. The van der Waals surface area contributed by atoms with Crippen molar-refractivity contribution in [1.82, 2.24) is 9.78 Å². The molecule has 0 saturated heterocycles. The Labute approximate surface area is 95.5 Å². The number of nitrogens with zero attached hydrogens (tertiary/aromatic N) is 2. The fourth-order valence-corrected chi connectivity index (χ4v) is 1.46. The van der Waals surface area contributed by atoms with Gasteiger partial charge >= 0.3 is 5.97 Å². The Balaban J connectivity index is 3.07. The number of carboxylic acids is 1. The van der Waals surface area contributed by atoms with E-state index in [9.17, 15) is 4.79 Å². The van der Waals surface area contributed by atoms with Crippen LogP contribution in [0.4, 0.5) is 5.82 Å². The smallest absolute Gasteiger partial charge is 0.341 e. The maximum absolute atomic E-state index is 11.1. The van der Waals surface area contributed by atoms with E-state index in [-0.39, 0.29) is 11.6 Å². The van der Waals surface area contributed by atoms with Crippen LogP contribution >= 0.6 is 0 Å². The molecule has 1 heterocycles. The fraction of sp³-hybridized carbons (Fsp3) is 0.636. The summed E-state index contributed by atoms with van der Waals surface area (Å²) in [7, 11) is 1.74. The van der Waals surface area contributed by atoms with Gasteiger partial charge in [-0.25, -0.2) is 4.79 Å². The van der Waals surface area contributed by atoms with Gasteiger partial charge in [-0.3, -0.25) is 4.68 Å². The predicted molar refractivity (Wildman–Crippen MR) is 62.8 cm³/mol. The van der Waals surface area contributed by atoms with E-state index in [0.29, 0.717) is 17.4 Å². The number of aryl methyl sites for hydroxylation is 2. The fourth-order valence-electron chi connectivity index (χ4n) is 1.46. The molecule has 0 aromatic carbocycles. The molecule has 5 heteroatoms. The van der Waals surface area contributed by atoms with Gasteiger partial charge in [-0.1, -0.05) is 13.8 Å². The van der Waals surface area contributed by atoms with Crippen LogP contribution in [0, 0.1) is 12.8 Å². The van der Waals surface area contributed by atoms with Crippen molar-refractivity contribution in [2.75, 3.05) is 5.32 Å². The Morgan fingerprint density at radius 3 is 2.44 bits per heavy atom. The predicted octanol–water partition coefficient (Wildman–Crippen LogP) is 1.88. The molecule has 90 valence electrons. The Morgan fingerprint density at radius 2 is 2.00 bits per heavy atom. The molecule has 0 aliphatic carbocycles. The average Bonchev–Trinajstić information content (AvgIpc) is 2.41. The Bertz CT molecular complexity index is 396. The zero-order chi connectivity index (χ0) is 12.5. The molecule has 1 unspecified atom stereocenters. The van der Waals surface area contributed by atoms with E-state index in [1.54, 1.807) is 18.7 Å². The Hall–Kier alpha value is -1.52. The van der Waals surface area contributed by atoms with Gasteiger partial charge in [-0.2, -0.15) is 5.10 Å². The van der Waals surface area contributed by atoms with Crippen molar-refractivity contribution in [3.05, 3.63) is 11.3 Å². The van der Waals surface area contributed by atoms with Crippen LogP contribution in [0.3, 0.4) is 0 Å². The zero-order valence-corrected chi connectivity index (χ0v) is 10.4. The molecule has 0 saturated carbocycles. The summed E-state index contributed by atoms with van der Waals surface area (Å²) in [4.78, 5) is 11.1. The van der Waals surface area contributed by atoms with Gasteiger partial charge in [0.1, 0.15) is 11.4 Å². The van der Waals surface area contributed by atoms with E-state index in [4.69, 9.17) is 5.11 Å². The first-order valence-corrected chi connectivity index (χ1v) is 5.38. The number of aromatic carboxylic acids is 1. The number of carboxylic acid groups (broad SMARTS) is 1. The van der Waals surface area contributed by atoms with Crippen molar-refractivity contribution in [1.29, 1.82) is 0 Å². The van der Waals surface area contributed by atoms with E-state index >= 15 is 0 Å². The minimum atomic E-state index is -0.941. The van der Waals surface area contributed by atoms with Crippen LogP contribution < -0.4 is 5.32 Å². The molecule has 1 atom stereocenters. The quantitative estimate of drug-likeness (QED) is 0.821. The molecule has 16 heavy (non-hydrogen) atoms. The summed E-state index contributed by atoms with van der Waals surface area (Å²) in [5.74, 6) is 0.0621. The third-order valence-electron chi connectivity index (χ3n) is 2.80. The van der Waals surface area contributed by atoms with Crippen molar-refractivity contribution in [3.8, 4) is 0 Å². The molecule has 0 bridgehead atoms. The highest BCUT2D eigenvalue weighted by atomic mass is 16.4. The number of hydrogen-bond acceptors (Lipinski definition) is 3. The first-order valence-electron chi connectivity index (χ1n) is 5.38. The second kappa shape index (κ2) is 4.55. The molecule has 0 spiro atoms. The largest absolute Gasteiger partial charge is 0.477 e. The molecule has 1 rings (SSSR count). The highest BCUT2D eigenvalue weighted by Gasteiger charge is 2.21. The van der Waals surface area contributed by atoms with Crippen molar-refractivity contribution in [2.24, 2.45) is 13.0 Å². The van der Waals surface area contributed by atoms with Crippen molar-refractivity contribution in [3.63, 3.8) is 0 Å². The van der Waals surface area contributed by atoms with E-state index in [2.05, 4.69) is 24.3 Å². The number of rotatable bonds is 4. The number of nitrogens with one attached hydrogen (secondary N) is 1. The van der Waals surface area contributed by atoms with Gasteiger partial charge in [0, 0.05) is 13.1 Å². The number of anilines is 1. The van der Waals surface area contributed by atoms with Gasteiger partial charge in [-0.05, 0) is 19.8 Å². The minimum Gasteiger partial charge on any atom is -0.477 e. The normalized spacial score (nSPS) is 12.9. The molecule has 0 aliphatic heterocycles. The zero-order valence-electron chi connectivity index (χ0n) is 10.4. The first kappa shape index (κ1) is 12.5. The van der Waals surface area contributed by atoms with Gasteiger partial charge in [0.05, 0.1) is 5.69 Å². The van der Waals surface area contributed by atoms with E-state index in [1.165, 1.54) is 0 Å². The minimum absolute atomic E-state index is 0.202. The van der Waals surface area contributed by atoms with E-state index < -0.39 is 5.97 Å². The molecule has 2 N–H and O–H groups in total. The van der Waals surface area contributed by atoms with Crippen molar-refractivity contribution >= 4 is 11.8 Å². The molecular formula is C11H19N3O2. The lowest BCUT2D eigenvalue weighted by atomic mass is 10.1. The second-order valence-corrected chi connectivity index (χ2v) is 4.41. The molecule has 1 aromatic heterocycles. The second-order valence-electron chi connectivity index (χ2n) is 4.41. The lowest BCUT2D eigenvalue weighted by Gasteiger charge is -2.19. The van der Waals surface area contributed by atoms with Crippen LogP contribution in [0.2, 0.25) is 0 Å². The third-order valence-corrected chi connectivity index (χ3v) is 2.80. The lowest BCUT2D eigenvalue weighted by molar-refractivity contribution is 0.0697. The highest BCUT2D eigenvalue weighted by Crippen LogP contribution is 2.20. The number of aromatic nitrogens is 2. The summed E-state index contributed by atoms with van der Waals surface area (Å²) < 4.78 is 1.58. The first-order chi connectivity index (χ1) is 7.34. The standard InChI is InChI=1S/C11H19N3O2/c1-6(2)7(3)12-10-9(11(15)16)8(4)13-14(10)5/h6-7,12H,1-5H3,(H,15,16). The SMILES string of the molecule is Cc1nn(C)c(NC(C)C(C)C)c1C(=O)O. The lowest BCUT2D eigenvalue weighted by Crippen LogP contribution is -2.24. The Morgan fingerprint density at radius 1 is 1.44 bits per heavy atom. The van der Waals surface area contributed by atoms with Crippen LogP contribution in [0.15, 0.2) is 0 Å². The van der Waals surface area contributed by atoms with Gasteiger partial charge in [-0.15, -0.1) is 0 Å². The molecule has 0 fully saturated rings. The summed E-state index contributed by atoms with van der Waals surface area (Å²) in [6.07, 6.45) is 0. The molecule has 0 amide bonds. The number of hydrogen-bond donors (Lipinski definition) is 2. The summed E-state index contributed by atoms with van der Waals surface area (Å²) in [6, 6.07) is 0.202. The summed E-state index contributed by atoms with van der Waals surface area (Å²) in [6.45, 7) is 7.90. The van der Waals surface area contributed by atoms with Crippen LogP contribution in [0.25, 0.3) is 0 Å². The van der Waals surface area contributed by atoms with Gasteiger partial charge in [0.15, 0.2) is 0 Å². The molecule has 0 aliphatic rings. The summed E-state index contributed by atoms with van der Waals surface area (Å²) in [5.41, 5.74) is 0.795. The molecule has 5 nitrogen and oxygen atoms in total. The molecule has 1 aromatic rings. The summed E-state index contributed by atoms with van der Waals surface area (Å²) in [5, 5.41) is 16.4. The maximum atomic E-state index is 11.1. The van der Waals surface area contributed by atoms with Crippen LogP contribution in [-0.2, 0) is 7.05 Å². The third kappa shape index (κ3) is 2.35. The van der Waals surface area contributed by atoms with Crippen LogP contribution in [-0.4, -0.2) is 26.9 Å². The van der Waals surface area contributed by atoms with Crippen LogP contribution in [0.1, 0.15) is 36.8 Å². The van der Waals surface area contributed by atoms with Crippen LogP contribution in [0.5, 0.6) is 0 Å². The molecule has 0 radical (unpaired) electrons. The highest BCUT2D eigenvalue weighted by molar-refractivity contribution is 5.94. The van der Waals surface area contributed by atoms with Gasteiger partial charge < -0.3 is 10.4 Å². The molecular weight excluding hydrogens is 206 g/mol. The van der Waals surface area contributed by atoms with E-state index in [1.807, 2.05) is 6.92 Å². The van der Waals surface area contributed by atoms with E-state index in [0.717, 1.165) is 0 Å². The van der Waals surface area contributed by atoms with Crippen molar-refractivity contribution in [2.45, 2.75) is 33.7 Å². The maximum Gasteiger partial charge on any atom is 0.341 e. The topological polar surface area (TPSA) is 67.2 Å². The summed E-state index contributed by atoms with van der Waals surface area (Å²) >= 11 is 0. The average molecular weight is 225 g/mol. The van der Waals surface area contributed by atoms with Crippen molar-refractivity contribution < 1.29 is 9.90 Å². The monoisotopic (exact) mass is 225 g/mol. The number of carbonyl (C=O) groups is 1. The van der Waals surface area contributed by atoms with Gasteiger partial charge in [0.2, 0.25) is 0 Å².